The number of methoxy groups -OCH3 is 4. The highest BCUT2D eigenvalue weighted by Crippen LogP contribution is 2.39. The summed E-state index contributed by atoms with van der Waals surface area (Å²) in [7, 11) is 6.56. The van der Waals surface area contributed by atoms with Crippen molar-refractivity contribution in [2.75, 3.05) is 41.5 Å². The highest BCUT2D eigenvalue weighted by molar-refractivity contribution is 5.97. The van der Waals surface area contributed by atoms with Gasteiger partial charge >= 0.3 is 0 Å². The quantitative estimate of drug-likeness (QED) is 0.506. The molecule has 30 heavy (non-hydrogen) atoms. The van der Waals surface area contributed by atoms with Gasteiger partial charge in [-0.1, -0.05) is 19.9 Å². The van der Waals surface area contributed by atoms with Crippen LogP contribution in [0, 0.1) is 0 Å². The fraction of sp³-hybridized carbons (Fsp3) is 0.375. The minimum atomic E-state index is 0.663. The topological polar surface area (TPSA) is 53.1 Å². The Labute approximate surface area is 178 Å². The Kier molecular flexibility index (Phi) is 7.00. The van der Waals surface area contributed by atoms with Gasteiger partial charge in [-0.2, -0.15) is 0 Å². The summed E-state index contributed by atoms with van der Waals surface area (Å²) < 4.78 is 22.0. The van der Waals surface area contributed by atoms with Gasteiger partial charge in [0.1, 0.15) is 0 Å². The van der Waals surface area contributed by atoms with Gasteiger partial charge in [-0.25, -0.2) is 0 Å². The van der Waals surface area contributed by atoms with Crippen LogP contribution < -0.4 is 18.9 Å². The predicted molar refractivity (Wildman–Crippen MR) is 120 cm³/mol. The molecule has 0 unspecified atom stereocenters. The molecule has 0 aliphatic carbocycles. The molecule has 6 nitrogen and oxygen atoms in total. The molecule has 0 fully saturated rings. The van der Waals surface area contributed by atoms with Gasteiger partial charge in [-0.3, -0.25) is 9.88 Å². The van der Waals surface area contributed by atoms with E-state index in [-0.39, 0.29) is 0 Å². The first-order valence-electron chi connectivity index (χ1n) is 10.1. The number of benzene rings is 2. The Balaban J connectivity index is 2.26. The highest BCUT2D eigenvalue weighted by atomic mass is 16.5. The van der Waals surface area contributed by atoms with E-state index in [1.165, 1.54) is 0 Å². The van der Waals surface area contributed by atoms with E-state index in [0.29, 0.717) is 23.0 Å². The minimum absolute atomic E-state index is 0.663. The second-order valence-corrected chi connectivity index (χ2v) is 6.92. The van der Waals surface area contributed by atoms with Crippen molar-refractivity contribution < 1.29 is 18.9 Å². The molecule has 1 aromatic heterocycles. The number of ether oxygens (including phenoxy) is 4. The van der Waals surface area contributed by atoms with Gasteiger partial charge in [0.2, 0.25) is 0 Å². The summed E-state index contributed by atoms with van der Waals surface area (Å²) >= 11 is 0. The zero-order chi connectivity index (χ0) is 21.7. The van der Waals surface area contributed by atoms with E-state index < -0.39 is 0 Å². The predicted octanol–water partition coefficient (Wildman–Crippen LogP) is 4.78. The van der Waals surface area contributed by atoms with Crippen molar-refractivity contribution in [3.63, 3.8) is 0 Å². The number of aromatic nitrogens is 1. The molecule has 3 rings (SSSR count). The molecule has 160 valence electrons. The van der Waals surface area contributed by atoms with Crippen LogP contribution in [0.1, 0.15) is 19.5 Å². The first kappa shape index (κ1) is 21.7. The maximum Gasteiger partial charge on any atom is 0.162 e. The van der Waals surface area contributed by atoms with E-state index in [4.69, 9.17) is 23.9 Å². The third-order valence-corrected chi connectivity index (χ3v) is 5.34. The molecule has 0 radical (unpaired) electrons. The molecular weight excluding hydrogens is 380 g/mol. The van der Waals surface area contributed by atoms with E-state index in [1.807, 2.05) is 30.3 Å². The minimum Gasteiger partial charge on any atom is -0.493 e. The second-order valence-electron chi connectivity index (χ2n) is 6.92. The molecule has 0 spiro atoms. The molecule has 0 aliphatic rings. The number of hydrogen-bond acceptors (Lipinski definition) is 6. The molecule has 0 amide bonds. The number of nitrogens with zero attached hydrogens (tertiary/aromatic N) is 2. The molecule has 0 atom stereocenters. The summed E-state index contributed by atoms with van der Waals surface area (Å²) in [5, 5.41) is 0.989. The molecule has 0 saturated heterocycles. The number of hydrogen-bond donors (Lipinski definition) is 0. The average molecular weight is 411 g/mol. The van der Waals surface area contributed by atoms with Crippen molar-refractivity contribution in [1.29, 1.82) is 0 Å². The van der Waals surface area contributed by atoms with Crippen molar-refractivity contribution in [2.24, 2.45) is 0 Å². The fourth-order valence-electron chi connectivity index (χ4n) is 3.61. The summed E-state index contributed by atoms with van der Waals surface area (Å²) in [5.74, 6) is 2.72. The van der Waals surface area contributed by atoms with Crippen molar-refractivity contribution in [3.05, 3.63) is 42.1 Å². The largest absolute Gasteiger partial charge is 0.493 e. The molecule has 0 N–H and O–H groups in total. The van der Waals surface area contributed by atoms with Crippen molar-refractivity contribution in [1.82, 2.24) is 9.88 Å². The molecule has 0 bridgehead atoms. The molecule has 0 saturated carbocycles. The maximum atomic E-state index is 5.54. The fourth-order valence-corrected chi connectivity index (χ4v) is 3.61. The van der Waals surface area contributed by atoms with Crippen molar-refractivity contribution in [2.45, 2.75) is 20.4 Å². The van der Waals surface area contributed by atoms with Gasteiger partial charge in [0.05, 0.1) is 39.6 Å². The Bertz CT molecular complexity index is 1020. The Morgan fingerprint density at radius 2 is 1.33 bits per heavy atom. The van der Waals surface area contributed by atoms with Crippen molar-refractivity contribution >= 4 is 10.9 Å². The number of pyridine rings is 1. The van der Waals surface area contributed by atoms with E-state index in [0.717, 1.165) is 47.4 Å². The van der Waals surface area contributed by atoms with Crippen LogP contribution in [0.2, 0.25) is 0 Å². The normalized spacial score (nSPS) is 11.0. The third-order valence-electron chi connectivity index (χ3n) is 5.34. The SMILES string of the molecule is CCN(CC)Cc1cc(-c2ccc(OC)c(OC)c2)c2cc(OC)c(OC)cc2n1. The molecular formula is C24H30N2O4. The Morgan fingerprint density at radius 1 is 0.733 bits per heavy atom. The van der Waals surface area contributed by atoms with Gasteiger partial charge < -0.3 is 18.9 Å². The Morgan fingerprint density at radius 3 is 1.93 bits per heavy atom. The van der Waals surface area contributed by atoms with E-state index in [1.54, 1.807) is 28.4 Å². The highest BCUT2D eigenvalue weighted by Gasteiger charge is 2.16. The lowest BCUT2D eigenvalue weighted by molar-refractivity contribution is 0.292. The molecule has 1 heterocycles. The van der Waals surface area contributed by atoms with Crippen LogP contribution in [-0.2, 0) is 6.54 Å². The van der Waals surface area contributed by atoms with Crippen LogP contribution in [0.3, 0.4) is 0 Å². The van der Waals surface area contributed by atoms with Crippen LogP contribution in [0.5, 0.6) is 23.0 Å². The smallest absolute Gasteiger partial charge is 0.162 e. The first-order valence-corrected chi connectivity index (χ1v) is 10.1. The van der Waals surface area contributed by atoms with Gasteiger partial charge in [0.15, 0.2) is 23.0 Å². The lowest BCUT2D eigenvalue weighted by Gasteiger charge is -2.19. The van der Waals surface area contributed by atoms with Gasteiger partial charge in [0.25, 0.3) is 0 Å². The monoisotopic (exact) mass is 410 g/mol. The summed E-state index contributed by atoms with van der Waals surface area (Å²) in [6.07, 6.45) is 0. The van der Waals surface area contributed by atoms with E-state index in [2.05, 4.69) is 24.8 Å². The standard InChI is InChI=1S/C24H30N2O4/c1-7-26(8-2)15-17-12-18(16-9-10-21(27-3)22(11-16)28-4)19-13-23(29-5)24(30-6)14-20(19)25-17/h9-14H,7-8,15H2,1-6H3. The van der Waals surface area contributed by atoms with Crippen LogP contribution >= 0.6 is 0 Å². The van der Waals surface area contributed by atoms with Gasteiger partial charge in [-0.05, 0) is 48.5 Å². The Hall–Kier alpha value is -2.99. The number of rotatable bonds is 9. The van der Waals surface area contributed by atoms with Crippen LogP contribution in [0.4, 0.5) is 0 Å². The summed E-state index contributed by atoms with van der Waals surface area (Å²) in [4.78, 5) is 7.26. The first-order chi connectivity index (χ1) is 14.6. The maximum absolute atomic E-state index is 5.54. The third kappa shape index (κ3) is 4.28. The zero-order valence-corrected chi connectivity index (χ0v) is 18.6. The summed E-state index contributed by atoms with van der Waals surface area (Å²) in [6, 6.07) is 12.0. The lowest BCUT2D eigenvalue weighted by atomic mass is 9.99. The second kappa shape index (κ2) is 9.67. The summed E-state index contributed by atoms with van der Waals surface area (Å²) in [5.41, 5.74) is 3.95. The zero-order valence-electron chi connectivity index (χ0n) is 18.6. The molecule has 0 aliphatic heterocycles. The molecule has 2 aromatic carbocycles. The van der Waals surface area contributed by atoms with Gasteiger partial charge in [0, 0.05) is 18.0 Å². The molecule has 3 aromatic rings. The van der Waals surface area contributed by atoms with Crippen molar-refractivity contribution in [3.8, 4) is 34.1 Å². The van der Waals surface area contributed by atoms with Crippen LogP contribution in [0.25, 0.3) is 22.0 Å². The average Bonchev–Trinajstić information content (AvgIpc) is 2.80. The lowest BCUT2D eigenvalue weighted by Crippen LogP contribution is -2.22. The van der Waals surface area contributed by atoms with E-state index >= 15 is 0 Å². The van der Waals surface area contributed by atoms with Crippen LogP contribution in [0.15, 0.2) is 36.4 Å². The van der Waals surface area contributed by atoms with Crippen LogP contribution in [-0.4, -0.2) is 51.4 Å². The number of fused-ring (bicyclic) bond motifs is 1. The van der Waals surface area contributed by atoms with Gasteiger partial charge in [-0.15, -0.1) is 0 Å². The molecule has 6 heteroatoms. The summed E-state index contributed by atoms with van der Waals surface area (Å²) in [6.45, 7) is 7.03. The van der Waals surface area contributed by atoms with E-state index in [9.17, 15) is 0 Å².